The largest absolute Gasteiger partial charge is 0.416 e. The predicted molar refractivity (Wildman–Crippen MR) is 115 cm³/mol. The summed E-state index contributed by atoms with van der Waals surface area (Å²) in [6, 6.07) is 11.1. The normalized spacial score (nSPS) is 11.9. The fourth-order valence-electron chi connectivity index (χ4n) is 3.29. The third kappa shape index (κ3) is 4.47. The lowest BCUT2D eigenvalue weighted by molar-refractivity contribution is -0.138. The number of fused-ring (bicyclic) bond motifs is 1. The van der Waals surface area contributed by atoms with Crippen molar-refractivity contribution in [2.45, 2.75) is 36.1 Å². The molecule has 160 valence electrons. The van der Waals surface area contributed by atoms with Gasteiger partial charge in [0, 0.05) is 16.5 Å². The molecule has 2 aromatic heterocycles. The number of hydrogen-bond acceptors (Lipinski definition) is 5. The molecule has 0 spiro atoms. The Hall–Kier alpha value is -2.78. The van der Waals surface area contributed by atoms with E-state index in [0.29, 0.717) is 21.3 Å². The van der Waals surface area contributed by atoms with E-state index in [4.69, 9.17) is 17.3 Å². The summed E-state index contributed by atoms with van der Waals surface area (Å²) in [6.07, 6.45) is -2.95. The molecule has 0 aliphatic carbocycles. The minimum absolute atomic E-state index is 0.151. The van der Waals surface area contributed by atoms with Gasteiger partial charge in [0.2, 0.25) is 0 Å². The van der Waals surface area contributed by atoms with E-state index in [-0.39, 0.29) is 24.3 Å². The van der Waals surface area contributed by atoms with E-state index in [9.17, 15) is 13.2 Å². The number of nitrogens with zero attached hydrogens (tertiary/aromatic N) is 4. The quantitative estimate of drug-likeness (QED) is 0.406. The van der Waals surface area contributed by atoms with E-state index in [1.807, 2.05) is 19.1 Å². The number of imidazole rings is 1. The third-order valence-electron chi connectivity index (χ3n) is 4.79. The van der Waals surface area contributed by atoms with Gasteiger partial charge in [0.1, 0.15) is 6.33 Å². The van der Waals surface area contributed by atoms with Crippen molar-refractivity contribution in [1.29, 1.82) is 0 Å². The van der Waals surface area contributed by atoms with Crippen LogP contribution in [-0.2, 0) is 19.1 Å². The molecule has 2 aromatic carbocycles. The van der Waals surface area contributed by atoms with Gasteiger partial charge in [-0.2, -0.15) is 13.2 Å². The molecule has 0 fully saturated rings. The number of benzene rings is 2. The molecule has 0 amide bonds. The molecule has 0 aliphatic heterocycles. The fraction of sp³-hybridized carbons (Fsp3) is 0.190. The number of aromatic nitrogens is 4. The van der Waals surface area contributed by atoms with Crippen molar-refractivity contribution in [3.05, 3.63) is 70.5 Å². The third-order valence-corrected chi connectivity index (χ3v) is 6.20. The Morgan fingerprint density at radius 1 is 1.13 bits per heavy atom. The summed E-state index contributed by atoms with van der Waals surface area (Å²) in [5, 5.41) is 1.19. The summed E-state index contributed by atoms with van der Waals surface area (Å²) in [7, 11) is 0. The van der Waals surface area contributed by atoms with Crippen LogP contribution in [0.25, 0.3) is 11.2 Å². The van der Waals surface area contributed by atoms with Gasteiger partial charge in [0.05, 0.1) is 5.56 Å². The van der Waals surface area contributed by atoms with Crippen molar-refractivity contribution in [3.63, 3.8) is 0 Å². The lowest BCUT2D eigenvalue weighted by Gasteiger charge is -2.14. The van der Waals surface area contributed by atoms with Gasteiger partial charge in [-0.25, -0.2) is 15.0 Å². The van der Waals surface area contributed by atoms with Crippen LogP contribution in [0, 0.1) is 6.92 Å². The number of anilines is 1. The van der Waals surface area contributed by atoms with Gasteiger partial charge in [-0.1, -0.05) is 41.6 Å². The van der Waals surface area contributed by atoms with Crippen LogP contribution in [0.1, 0.15) is 16.7 Å². The van der Waals surface area contributed by atoms with Crippen LogP contribution in [-0.4, -0.2) is 19.5 Å². The van der Waals surface area contributed by atoms with Crippen LogP contribution in [0.4, 0.5) is 19.0 Å². The standard InChI is InChI=1S/C21H17ClF3N5S/c1-12-10-14(22)6-7-16(12)31-20-29-17-18(26)27-11-28-19(17)30(20)9-8-13-4-2-3-5-15(13)21(23,24)25/h2-7,10-11H,8-9H2,1H3,(H2,26,27,28). The zero-order valence-corrected chi connectivity index (χ0v) is 17.9. The van der Waals surface area contributed by atoms with Gasteiger partial charge in [-0.15, -0.1) is 0 Å². The fourth-order valence-corrected chi connectivity index (χ4v) is 4.49. The van der Waals surface area contributed by atoms with Crippen LogP contribution in [0.3, 0.4) is 0 Å². The molecule has 0 atom stereocenters. The molecule has 5 nitrogen and oxygen atoms in total. The number of aryl methyl sites for hydroxylation is 3. The number of halogens is 4. The highest BCUT2D eigenvalue weighted by molar-refractivity contribution is 7.99. The molecular formula is C21H17ClF3N5S. The zero-order chi connectivity index (χ0) is 22.2. The Bertz CT molecular complexity index is 1260. The number of hydrogen-bond donors (Lipinski definition) is 1. The summed E-state index contributed by atoms with van der Waals surface area (Å²) < 4.78 is 42.0. The molecule has 0 radical (unpaired) electrons. The SMILES string of the molecule is Cc1cc(Cl)ccc1Sc1nc2c(N)ncnc2n1CCc1ccccc1C(F)(F)F. The molecule has 0 aliphatic rings. The van der Waals surface area contributed by atoms with E-state index < -0.39 is 11.7 Å². The van der Waals surface area contributed by atoms with Crippen LogP contribution < -0.4 is 5.73 Å². The van der Waals surface area contributed by atoms with E-state index in [0.717, 1.165) is 16.5 Å². The second kappa shape index (κ2) is 8.39. The molecule has 10 heteroatoms. The van der Waals surface area contributed by atoms with Gasteiger partial charge < -0.3 is 10.3 Å². The second-order valence-corrected chi connectivity index (χ2v) is 8.34. The Labute approximate surface area is 185 Å². The first kappa shape index (κ1) is 21.5. The molecule has 31 heavy (non-hydrogen) atoms. The first-order valence-corrected chi connectivity index (χ1v) is 10.5. The predicted octanol–water partition coefficient (Wildman–Crippen LogP) is 5.78. The lowest BCUT2D eigenvalue weighted by Crippen LogP contribution is -2.11. The maximum atomic E-state index is 13.4. The van der Waals surface area contributed by atoms with Gasteiger partial charge in [-0.05, 0) is 48.7 Å². The van der Waals surface area contributed by atoms with E-state index >= 15 is 0 Å². The summed E-state index contributed by atoms with van der Waals surface area (Å²) >= 11 is 7.43. The van der Waals surface area contributed by atoms with Crippen molar-refractivity contribution >= 4 is 40.3 Å². The molecule has 0 unspecified atom stereocenters. The minimum atomic E-state index is -4.42. The Morgan fingerprint density at radius 2 is 1.90 bits per heavy atom. The molecule has 2 N–H and O–H groups in total. The van der Waals surface area contributed by atoms with Gasteiger partial charge in [0.15, 0.2) is 22.1 Å². The van der Waals surface area contributed by atoms with Crippen molar-refractivity contribution in [2.75, 3.05) is 5.73 Å². The highest BCUT2D eigenvalue weighted by atomic mass is 35.5. The maximum absolute atomic E-state index is 13.4. The number of nitrogens with two attached hydrogens (primary N) is 1. The molecule has 0 saturated heterocycles. The topological polar surface area (TPSA) is 69.6 Å². The molecule has 0 bridgehead atoms. The summed E-state index contributed by atoms with van der Waals surface area (Å²) in [6.45, 7) is 2.17. The van der Waals surface area contributed by atoms with Gasteiger partial charge in [-0.3, -0.25) is 0 Å². The minimum Gasteiger partial charge on any atom is -0.382 e. The zero-order valence-electron chi connectivity index (χ0n) is 16.3. The van der Waals surface area contributed by atoms with E-state index in [2.05, 4.69) is 15.0 Å². The van der Waals surface area contributed by atoms with E-state index in [1.165, 1.54) is 30.2 Å². The van der Waals surface area contributed by atoms with Gasteiger partial charge >= 0.3 is 6.18 Å². The highest BCUT2D eigenvalue weighted by Crippen LogP contribution is 2.35. The summed E-state index contributed by atoms with van der Waals surface area (Å²) in [5.41, 5.74) is 7.38. The van der Waals surface area contributed by atoms with Gasteiger partial charge in [0.25, 0.3) is 0 Å². The first-order valence-electron chi connectivity index (χ1n) is 9.30. The Kier molecular flexibility index (Phi) is 5.81. The number of alkyl halides is 3. The highest BCUT2D eigenvalue weighted by Gasteiger charge is 2.32. The summed E-state index contributed by atoms with van der Waals surface area (Å²) in [4.78, 5) is 13.7. The molecular weight excluding hydrogens is 447 g/mol. The average molecular weight is 464 g/mol. The first-order chi connectivity index (χ1) is 14.7. The second-order valence-electron chi connectivity index (χ2n) is 6.89. The Morgan fingerprint density at radius 3 is 2.65 bits per heavy atom. The molecule has 4 aromatic rings. The lowest BCUT2D eigenvalue weighted by atomic mass is 10.0. The molecule has 2 heterocycles. The monoisotopic (exact) mass is 463 g/mol. The van der Waals surface area contributed by atoms with Crippen LogP contribution in [0.15, 0.2) is 58.8 Å². The maximum Gasteiger partial charge on any atom is 0.416 e. The van der Waals surface area contributed by atoms with E-state index in [1.54, 1.807) is 16.7 Å². The molecule has 0 saturated carbocycles. The number of nitrogen functional groups attached to an aromatic ring is 1. The summed E-state index contributed by atoms with van der Waals surface area (Å²) in [5.74, 6) is 0.217. The van der Waals surface area contributed by atoms with Crippen molar-refractivity contribution < 1.29 is 13.2 Å². The van der Waals surface area contributed by atoms with Crippen molar-refractivity contribution in [3.8, 4) is 0 Å². The van der Waals surface area contributed by atoms with Crippen molar-refractivity contribution in [1.82, 2.24) is 19.5 Å². The smallest absolute Gasteiger partial charge is 0.382 e. The molecule has 4 rings (SSSR count). The van der Waals surface area contributed by atoms with Crippen molar-refractivity contribution in [2.24, 2.45) is 0 Å². The van der Waals surface area contributed by atoms with Crippen LogP contribution >= 0.6 is 23.4 Å². The number of rotatable bonds is 5. The van der Waals surface area contributed by atoms with Crippen LogP contribution in [0.5, 0.6) is 0 Å². The Balaban J connectivity index is 1.73. The van der Waals surface area contributed by atoms with Crippen LogP contribution in [0.2, 0.25) is 5.02 Å². The average Bonchev–Trinajstić information content (AvgIpc) is 3.06.